The average Bonchev–Trinajstić information content (AvgIpc) is 2.63. The number of amides is 2. The third-order valence-corrected chi connectivity index (χ3v) is 5.02. The van der Waals surface area contributed by atoms with Crippen LogP contribution in [-0.4, -0.2) is 41.9 Å². The summed E-state index contributed by atoms with van der Waals surface area (Å²) in [6.45, 7) is 6.06. The molecule has 0 aromatic heterocycles. The smallest absolute Gasteiger partial charge is 0.307 e. The van der Waals surface area contributed by atoms with Gasteiger partial charge in [0.1, 0.15) is 0 Å². The molecule has 1 fully saturated rings. The van der Waals surface area contributed by atoms with Crippen LogP contribution in [-0.2, 0) is 14.3 Å². The molecule has 6 heteroatoms. The molecule has 2 amide bonds. The van der Waals surface area contributed by atoms with Crippen molar-refractivity contribution < 1.29 is 19.1 Å². The van der Waals surface area contributed by atoms with Crippen LogP contribution in [0.5, 0.6) is 0 Å². The van der Waals surface area contributed by atoms with Crippen molar-refractivity contribution in [3.63, 3.8) is 0 Å². The van der Waals surface area contributed by atoms with E-state index in [1.54, 1.807) is 31.2 Å². The zero-order chi connectivity index (χ0) is 19.8. The summed E-state index contributed by atoms with van der Waals surface area (Å²) in [7, 11) is 0. The van der Waals surface area contributed by atoms with Gasteiger partial charge in [0, 0.05) is 30.8 Å². The molecule has 0 heterocycles. The third-order valence-electron chi connectivity index (χ3n) is 5.02. The fraction of sp³-hybridized carbons (Fsp3) is 0.571. The highest BCUT2D eigenvalue weighted by atomic mass is 16.5. The van der Waals surface area contributed by atoms with Crippen molar-refractivity contribution in [1.29, 1.82) is 0 Å². The van der Waals surface area contributed by atoms with E-state index in [4.69, 9.17) is 4.74 Å². The number of rotatable bonds is 7. The van der Waals surface area contributed by atoms with Gasteiger partial charge in [-0.2, -0.15) is 0 Å². The minimum Gasteiger partial charge on any atom is -0.466 e. The number of hydrogen-bond donors (Lipinski definition) is 1. The summed E-state index contributed by atoms with van der Waals surface area (Å²) in [5.74, 6) is -0.181. The van der Waals surface area contributed by atoms with Gasteiger partial charge in [0.15, 0.2) is 0 Å². The minimum atomic E-state index is -0.286. The molecule has 0 aliphatic heterocycles. The highest BCUT2D eigenvalue weighted by Crippen LogP contribution is 2.29. The Kier molecular flexibility index (Phi) is 7.82. The van der Waals surface area contributed by atoms with Crippen molar-refractivity contribution in [3.05, 3.63) is 29.8 Å². The number of benzene rings is 1. The van der Waals surface area contributed by atoms with E-state index in [0.717, 1.165) is 19.3 Å². The molecule has 1 N–H and O–H groups in total. The molecule has 2 rings (SSSR count). The van der Waals surface area contributed by atoms with Gasteiger partial charge in [-0.15, -0.1) is 0 Å². The van der Waals surface area contributed by atoms with Crippen LogP contribution in [0.2, 0.25) is 0 Å². The Bertz CT molecular complexity index is 674. The van der Waals surface area contributed by atoms with Gasteiger partial charge in [-0.05, 0) is 43.9 Å². The van der Waals surface area contributed by atoms with Gasteiger partial charge in [-0.1, -0.05) is 25.8 Å². The Balaban J connectivity index is 2.21. The predicted molar refractivity (Wildman–Crippen MR) is 104 cm³/mol. The molecule has 6 nitrogen and oxygen atoms in total. The summed E-state index contributed by atoms with van der Waals surface area (Å²) in [4.78, 5) is 38.2. The number of anilines is 1. The summed E-state index contributed by atoms with van der Waals surface area (Å²) in [6, 6.07) is 7.06. The minimum absolute atomic E-state index is 0.106. The van der Waals surface area contributed by atoms with Crippen LogP contribution in [0.1, 0.15) is 63.2 Å². The number of ether oxygens (including phenoxy) is 1. The monoisotopic (exact) mass is 374 g/mol. The molecule has 1 aliphatic carbocycles. The van der Waals surface area contributed by atoms with Crippen molar-refractivity contribution in [2.24, 2.45) is 5.92 Å². The standard InChI is InChI=1S/C21H30N2O4/c1-4-27-20(25)12-13-23(19-11-6-5-8-15(19)2)21(26)17-9-7-10-18(14-17)22-16(3)24/h7,9-10,14-15,19H,4-6,8,11-13H2,1-3H3,(H,22,24). The Hall–Kier alpha value is -2.37. The quantitative estimate of drug-likeness (QED) is 0.740. The van der Waals surface area contributed by atoms with Gasteiger partial charge in [0.25, 0.3) is 5.91 Å². The van der Waals surface area contributed by atoms with Gasteiger partial charge in [-0.25, -0.2) is 0 Å². The molecule has 0 saturated heterocycles. The second-order valence-corrected chi connectivity index (χ2v) is 7.14. The summed E-state index contributed by atoms with van der Waals surface area (Å²) in [6.07, 6.45) is 4.48. The lowest BCUT2D eigenvalue weighted by atomic mass is 9.84. The second kappa shape index (κ2) is 10.1. The van der Waals surface area contributed by atoms with Gasteiger partial charge < -0.3 is 15.0 Å². The second-order valence-electron chi connectivity index (χ2n) is 7.14. The summed E-state index contributed by atoms with van der Waals surface area (Å²) in [5, 5.41) is 2.71. The lowest BCUT2D eigenvalue weighted by Crippen LogP contribution is -2.46. The van der Waals surface area contributed by atoms with Crippen molar-refractivity contribution in [2.75, 3.05) is 18.5 Å². The Morgan fingerprint density at radius 3 is 2.63 bits per heavy atom. The molecule has 1 aromatic carbocycles. The fourth-order valence-corrected chi connectivity index (χ4v) is 3.72. The van der Waals surface area contributed by atoms with Crippen LogP contribution >= 0.6 is 0 Å². The average molecular weight is 374 g/mol. The number of carbonyl (C=O) groups excluding carboxylic acids is 3. The van der Waals surface area contributed by atoms with Crippen LogP contribution in [0.25, 0.3) is 0 Å². The lowest BCUT2D eigenvalue weighted by molar-refractivity contribution is -0.143. The first-order valence-corrected chi connectivity index (χ1v) is 9.76. The molecule has 148 valence electrons. The van der Waals surface area contributed by atoms with E-state index in [1.807, 2.05) is 4.90 Å². The first-order chi connectivity index (χ1) is 12.9. The van der Waals surface area contributed by atoms with Crippen molar-refractivity contribution >= 4 is 23.5 Å². The largest absolute Gasteiger partial charge is 0.466 e. The van der Waals surface area contributed by atoms with E-state index < -0.39 is 0 Å². The van der Waals surface area contributed by atoms with E-state index in [2.05, 4.69) is 12.2 Å². The maximum Gasteiger partial charge on any atom is 0.307 e. The summed E-state index contributed by atoms with van der Waals surface area (Å²) >= 11 is 0. The van der Waals surface area contributed by atoms with E-state index in [-0.39, 0.29) is 30.2 Å². The van der Waals surface area contributed by atoms with Gasteiger partial charge >= 0.3 is 5.97 Å². The maximum atomic E-state index is 13.3. The molecule has 27 heavy (non-hydrogen) atoms. The van der Waals surface area contributed by atoms with Crippen LogP contribution in [0.15, 0.2) is 24.3 Å². The zero-order valence-electron chi connectivity index (χ0n) is 16.5. The van der Waals surface area contributed by atoms with E-state index in [9.17, 15) is 14.4 Å². The molecule has 1 saturated carbocycles. The normalized spacial score (nSPS) is 19.2. The van der Waals surface area contributed by atoms with E-state index >= 15 is 0 Å². The van der Waals surface area contributed by atoms with Crippen LogP contribution in [0, 0.1) is 5.92 Å². The number of nitrogens with zero attached hydrogens (tertiary/aromatic N) is 1. The topological polar surface area (TPSA) is 75.7 Å². The number of esters is 1. The SMILES string of the molecule is CCOC(=O)CCN(C(=O)c1cccc(NC(C)=O)c1)C1CCCCC1C. The summed E-state index contributed by atoms with van der Waals surface area (Å²) in [5.41, 5.74) is 1.11. The maximum absolute atomic E-state index is 13.3. The van der Waals surface area contributed by atoms with Gasteiger partial charge in [-0.3, -0.25) is 14.4 Å². The highest BCUT2D eigenvalue weighted by molar-refractivity contribution is 5.97. The molecular formula is C21H30N2O4. The first-order valence-electron chi connectivity index (χ1n) is 9.76. The molecule has 0 spiro atoms. The van der Waals surface area contributed by atoms with Crippen LogP contribution in [0.3, 0.4) is 0 Å². The molecule has 1 aromatic rings. The van der Waals surface area contributed by atoms with Crippen molar-refractivity contribution in [1.82, 2.24) is 4.90 Å². The number of hydrogen-bond acceptors (Lipinski definition) is 4. The molecule has 1 aliphatic rings. The Labute approximate surface area is 161 Å². The van der Waals surface area contributed by atoms with Crippen molar-refractivity contribution in [2.45, 2.75) is 58.9 Å². The molecule has 2 unspecified atom stereocenters. The molecule has 2 atom stereocenters. The number of nitrogens with one attached hydrogen (secondary N) is 1. The third kappa shape index (κ3) is 6.08. The van der Waals surface area contributed by atoms with E-state index in [1.165, 1.54) is 13.3 Å². The number of carbonyl (C=O) groups is 3. The Morgan fingerprint density at radius 1 is 1.22 bits per heavy atom. The molecule has 0 bridgehead atoms. The molecular weight excluding hydrogens is 344 g/mol. The van der Waals surface area contributed by atoms with Crippen LogP contribution in [0.4, 0.5) is 5.69 Å². The van der Waals surface area contributed by atoms with E-state index in [0.29, 0.717) is 30.3 Å². The lowest BCUT2D eigenvalue weighted by Gasteiger charge is -2.38. The Morgan fingerprint density at radius 2 is 1.96 bits per heavy atom. The fourth-order valence-electron chi connectivity index (χ4n) is 3.72. The summed E-state index contributed by atoms with van der Waals surface area (Å²) < 4.78 is 5.03. The zero-order valence-corrected chi connectivity index (χ0v) is 16.5. The van der Waals surface area contributed by atoms with Crippen molar-refractivity contribution in [3.8, 4) is 0 Å². The van der Waals surface area contributed by atoms with Gasteiger partial charge in [0.05, 0.1) is 13.0 Å². The predicted octanol–water partition coefficient (Wildman–Crippen LogP) is 3.62. The van der Waals surface area contributed by atoms with Gasteiger partial charge in [0.2, 0.25) is 5.91 Å². The molecule has 0 radical (unpaired) electrons. The van der Waals surface area contributed by atoms with Crippen LogP contribution < -0.4 is 5.32 Å². The highest BCUT2D eigenvalue weighted by Gasteiger charge is 2.31. The first kappa shape index (κ1) is 20.9.